The molecule has 1 atom stereocenters. The Labute approximate surface area is 125 Å². The molecule has 0 aliphatic carbocycles. The summed E-state index contributed by atoms with van der Waals surface area (Å²) >= 11 is 0. The minimum atomic E-state index is -0.681. The number of rotatable bonds is 3. The van der Waals surface area contributed by atoms with Gasteiger partial charge >= 0.3 is 6.09 Å². The summed E-state index contributed by atoms with van der Waals surface area (Å²) in [7, 11) is 1.60. The molecule has 21 heavy (non-hydrogen) atoms. The summed E-state index contributed by atoms with van der Waals surface area (Å²) in [5.74, 6) is -0.914. The predicted octanol–water partition coefficient (Wildman–Crippen LogP) is 3.40. The van der Waals surface area contributed by atoms with Crippen LogP contribution in [0.15, 0.2) is 24.3 Å². The zero-order chi connectivity index (χ0) is 16.2. The van der Waals surface area contributed by atoms with E-state index in [0.717, 1.165) is 0 Å². The number of anilines is 1. The maximum atomic E-state index is 11.9. The first-order chi connectivity index (χ1) is 9.65. The predicted molar refractivity (Wildman–Crippen MR) is 80.2 cm³/mol. The molecule has 0 fully saturated rings. The molecule has 1 unspecified atom stereocenters. The molecule has 0 N–H and O–H groups in total. The van der Waals surface area contributed by atoms with Crippen LogP contribution in [0.5, 0.6) is 0 Å². The van der Waals surface area contributed by atoms with Crippen molar-refractivity contribution in [3.63, 3.8) is 0 Å². The van der Waals surface area contributed by atoms with Crippen LogP contribution in [-0.4, -0.2) is 24.5 Å². The summed E-state index contributed by atoms with van der Waals surface area (Å²) in [6.07, 6.45) is -0.466. The lowest BCUT2D eigenvalue weighted by Gasteiger charge is -2.24. The molecule has 0 aliphatic heterocycles. The zero-order valence-electron chi connectivity index (χ0n) is 13.0. The molecule has 5 nitrogen and oxygen atoms in total. The highest BCUT2D eigenvalue weighted by molar-refractivity contribution is 5.99. The smallest absolute Gasteiger partial charge is 0.414 e. The second-order valence-electron chi connectivity index (χ2n) is 5.80. The molecule has 1 rings (SSSR count). The van der Waals surface area contributed by atoms with Crippen molar-refractivity contribution < 1.29 is 14.3 Å². The summed E-state index contributed by atoms with van der Waals surface area (Å²) < 4.78 is 5.26. The van der Waals surface area contributed by atoms with E-state index in [2.05, 4.69) is 0 Å². The standard InChI is InChI=1S/C16H20N2O3/c1-11(10-17)14(19)12-6-8-13(9-7-12)18(5)15(20)21-16(2,3)4/h6-9,11H,1-5H3. The molecule has 0 saturated carbocycles. The number of ketones is 1. The molecule has 0 bridgehead atoms. The third-order valence-corrected chi connectivity index (χ3v) is 2.79. The lowest BCUT2D eigenvalue weighted by molar-refractivity contribution is 0.0589. The van der Waals surface area contributed by atoms with Crippen molar-refractivity contribution in [2.45, 2.75) is 33.3 Å². The number of hydrogen-bond acceptors (Lipinski definition) is 4. The Hall–Kier alpha value is -2.35. The number of nitriles is 1. The van der Waals surface area contributed by atoms with Crippen molar-refractivity contribution in [2.75, 3.05) is 11.9 Å². The van der Waals surface area contributed by atoms with Gasteiger partial charge in [0.15, 0.2) is 5.78 Å². The van der Waals surface area contributed by atoms with Gasteiger partial charge in [-0.2, -0.15) is 5.26 Å². The van der Waals surface area contributed by atoms with E-state index in [0.29, 0.717) is 11.3 Å². The van der Waals surface area contributed by atoms with E-state index in [1.807, 2.05) is 6.07 Å². The molecule has 5 heteroatoms. The molecular formula is C16H20N2O3. The maximum Gasteiger partial charge on any atom is 0.414 e. The summed E-state index contributed by atoms with van der Waals surface area (Å²) in [5.41, 5.74) is 0.500. The summed E-state index contributed by atoms with van der Waals surface area (Å²) in [5, 5.41) is 8.75. The molecule has 0 saturated heterocycles. The van der Waals surface area contributed by atoms with Gasteiger partial charge in [0.2, 0.25) is 0 Å². The summed E-state index contributed by atoms with van der Waals surface area (Å²) in [6.45, 7) is 6.94. The quantitative estimate of drug-likeness (QED) is 0.799. The number of carbonyl (C=O) groups is 2. The van der Waals surface area contributed by atoms with Crippen LogP contribution in [0.1, 0.15) is 38.1 Å². The molecule has 0 aliphatic rings. The number of amides is 1. The monoisotopic (exact) mass is 288 g/mol. The van der Waals surface area contributed by atoms with E-state index >= 15 is 0 Å². The molecule has 1 aromatic rings. The number of ether oxygens (including phenoxy) is 1. The number of benzene rings is 1. The van der Waals surface area contributed by atoms with Crippen LogP contribution in [0, 0.1) is 17.2 Å². The van der Waals surface area contributed by atoms with E-state index < -0.39 is 17.6 Å². The zero-order valence-corrected chi connectivity index (χ0v) is 13.0. The highest BCUT2D eigenvalue weighted by Crippen LogP contribution is 2.18. The highest BCUT2D eigenvalue weighted by Gasteiger charge is 2.21. The largest absolute Gasteiger partial charge is 0.443 e. The Morgan fingerprint density at radius 3 is 2.19 bits per heavy atom. The molecule has 0 aromatic heterocycles. The van der Waals surface area contributed by atoms with E-state index in [4.69, 9.17) is 10.00 Å². The number of carbonyl (C=O) groups excluding carboxylic acids is 2. The SMILES string of the molecule is CC(C#N)C(=O)c1ccc(N(C)C(=O)OC(C)(C)C)cc1. The molecule has 0 heterocycles. The molecule has 0 radical (unpaired) electrons. The first kappa shape index (κ1) is 16.7. The van der Waals surface area contributed by atoms with Crippen LogP contribution >= 0.6 is 0 Å². The van der Waals surface area contributed by atoms with Crippen molar-refractivity contribution in [3.05, 3.63) is 29.8 Å². The van der Waals surface area contributed by atoms with Crippen LogP contribution in [-0.2, 0) is 4.74 Å². The number of hydrogen-bond donors (Lipinski definition) is 0. The van der Waals surface area contributed by atoms with Gasteiger partial charge < -0.3 is 4.74 Å². The number of nitrogens with zero attached hydrogens (tertiary/aromatic N) is 2. The molecule has 0 spiro atoms. The van der Waals surface area contributed by atoms with E-state index in [1.54, 1.807) is 59.0 Å². The van der Waals surface area contributed by atoms with Gasteiger partial charge in [-0.25, -0.2) is 4.79 Å². The topological polar surface area (TPSA) is 70.4 Å². The Kier molecular flexibility index (Phi) is 5.09. The third-order valence-electron chi connectivity index (χ3n) is 2.79. The van der Waals surface area contributed by atoms with E-state index in [-0.39, 0.29) is 5.78 Å². The first-order valence-electron chi connectivity index (χ1n) is 6.66. The Bertz CT molecular complexity index is 565. The molecule has 112 valence electrons. The van der Waals surface area contributed by atoms with E-state index in [1.165, 1.54) is 4.90 Å². The van der Waals surface area contributed by atoms with Crippen LogP contribution in [0.3, 0.4) is 0 Å². The van der Waals surface area contributed by atoms with Gasteiger partial charge in [0.25, 0.3) is 0 Å². The fourth-order valence-electron chi connectivity index (χ4n) is 1.59. The van der Waals surface area contributed by atoms with Gasteiger partial charge in [0.1, 0.15) is 11.5 Å². The minimum Gasteiger partial charge on any atom is -0.443 e. The second kappa shape index (κ2) is 6.40. The average Bonchev–Trinajstić information content (AvgIpc) is 2.43. The van der Waals surface area contributed by atoms with Gasteiger partial charge in [0, 0.05) is 18.3 Å². The molecule has 1 amide bonds. The highest BCUT2D eigenvalue weighted by atomic mass is 16.6. The lowest BCUT2D eigenvalue weighted by atomic mass is 10.0. The average molecular weight is 288 g/mol. The second-order valence-corrected chi connectivity index (χ2v) is 5.80. The van der Waals surface area contributed by atoms with Crippen molar-refractivity contribution >= 4 is 17.6 Å². The maximum absolute atomic E-state index is 11.9. The summed E-state index contributed by atoms with van der Waals surface area (Å²) in [4.78, 5) is 25.1. The number of Topliss-reactive ketones (excluding diaryl/α,β-unsaturated/α-hetero) is 1. The van der Waals surface area contributed by atoms with Gasteiger partial charge in [-0.05, 0) is 52.0 Å². The molecule has 1 aromatic carbocycles. The Morgan fingerprint density at radius 1 is 1.24 bits per heavy atom. The van der Waals surface area contributed by atoms with Crippen molar-refractivity contribution in [2.24, 2.45) is 5.92 Å². The van der Waals surface area contributed by atoms with Crippen LogP contribution < -0.4 is 4.90 Å². The molecular weight excluding hydrogens is 268 g/mol. The van der Waals surface area contributed by atoms with Gasteiger partial charge in [0.05, 0.1) is 6.07 Å². The van der Waals surface area contributed by atoms with E-state index in [9.17, 15) is 9.59 Å². The minimum absolute atomic E-state index is 0.232. The van der Waals surface area contributed by atoms with Gasteiger partial charge in [-0.1, -0.05) is 0 Å². The van der Waals surface area contributed by atoms with Crippen molar-refractivity contribution in [1.29, 1.82) is 5.26 Å². The first-order valence-corrected chi connectivity index (χ1v) is 6.66. The van der Waals surface area contributed by atoms with Crippen LogP contribution in [0.25, 0.3) is 0 Å². The normalized spacial score (nSPS) is 12.2. The van der Waals surface area contributed by atoms with Crippen molar-refractivity contribution in [1.82, 2.24) is 0 Å². The van der Waals surface area contributed by atoms with Crippen LogP contribution in [0.2, 0.25) is 0 Å². The Morgan fingerprint density at radius 2 is 1.76 bits per heavy atom. The van der Waals surface area contributed by atoms with Gasteiger partial charge in [-0.3, -0.25) is 9.69 Å². The fraction of sp³-hybridized carbons (Fsp3) is 0.438. The third kappa shape index (κ3) is 4.60. The summed E-state index contributed by atoms with van der Waals surface area (Å²) in [6, 6.07) is 8.43. The lowest BCUT2D eigenvalue weighted by Crippen LogP contribution is -2.34. The van der Waals surface area contributed by atoms with Crippen LogP contribution in [0.4, 0.5) is 10.5 Å². The van der Waals surface area contributed by atoms with Gasteiger partial charge in [-0.15, -0.1) is 0 Å². The van der Waals surface area contributed by atoms with Crippen molar-refractivity contribution in [3.8, 4) is 6.07 Å². The fourth-order valence-corrected chi connectivity index (χ4v) is 1.59. The Balaban J connectivity index is 2.85.